The first-order valence-electron chi connectivity index (χ1n) is 9.22. The van der Waals surface area contributed by atoms with Crippen LogP contribution >= 0.6 is 0 Å². The van der Waals surface area contributed by atoms with E-state index >= 15 is 0 Å². The molecule has 4 N–H and O–H groups in total. The zero-order valence-electron chi connectivity index (χ0n) is 15.6. The summed E-state index contributed by atoms with van der Waals surface area (Å²) in [6, 6.07) is 12.2. The Kier molecular flexibility index (Phi) is 5.93. The molecule has 1 atom stereocenters. The van der Waals surface area contributed by atoms with Crippen molar-refractivity contribution in [2.24, 2.45) is 0 Å². The number of carbonyl (C=O) groups is 2. The largest absolute Gasteiger partial charge is 0.490 e. The van der Waals surface area contributed by atoms with Crippen LogP contribution in [-0.4, -0.2) is 35.5 Å². The monoisotopic (exact) mass is 381 g/mol. The third-order valence-corrected chi connectivity index (χ3v) is 4.54. The zero-order chi connectivity index (χ0) is 20.1. The number of ether oxygens (including phenoxy) is 1. The Morgan fingerprint density at radius 3 is 2.57 bits per heavy atom. The molecule has 0 aliphatic carbocycles. The van der Waals surface area contributed by atoms with Crippen molar-refractivity contribution in [3.05, 3.63) is 59.2 Å². The molecule has 28 heavy (non-hydrogen) atoms. The molecular formula is C21H23N3O4. The molecule has 0 saturated carbocycles. The van der Waals surface area contributed by atoms with Crippen LogP contribution in [0.25, 0.3) is 0 Å². The summed E-state index contributed by atoms with van der Waals surface area (Å²) in [6.45, 7) is 2.59. The van der Waals surface area contributed by atoms with Crippen LogP contribution in [-0.2, 0) is 11.2 Å². The molecule has 0 spiro atoms. The van der Waals surface area contributed by atoms with Gasteiger partial charge < -0.3 is 20.5 Å². The van der Waals surface area contributed by atoms with Crippen LogP contribution in [0.3, 0.4) is 0 Å². The maximum Gasteiger partial charge on any atom is 0.307 e. The highest BCUT2D eigenvalue weighted by atomic mass is 16.5. The summed E-state index contributed by atoms with van der Waals surface area (Å²) in [5, 5.41) is 22.6. The van der Waals surface area contributed by atoms with Crippen molar-refractivity contribution in [1.82, 2.24) is 5.32 Å². The smallest absolute Gasteiger partial charge is 0.307 e. The van der Waals surface area contributed by atoms with Crippen LogP contribution in [0.5, 0.6) is 5.75 Å². The van der Waals surface area contributed by atoms with Gasteiger partial charge in [-0.3, -0.25) is 15.0 Å². The van der Waals surface area contributed by atoms with Gasteiger partial charge in [-0.25, -0.2) is 0 Å². The molecule has 0 radical (unpaired) electrons. The van der Waals surface area contributed by atoms with Gasteiger partial charge in [0, 0.05) is 23.4 Å². The van der Waals surface area contributed by atoms with Gasteiger partial charge in [-0.05, 0) is 55.7 Å². The summed E-state index contributed by atoms with van der Waals surface area (Å²) in [7, 11) is 0. The predicted octanol–water partition coefficient (Wildman–Crippen LogP) is 3.04. The fourth-order valence-corrected chi connectivity index (χ4v) is 3.13. The van der Waals surface area contributed by atoms with Gasteiger partial charge in [0.1, 0.15) is 17.7 Å². The lowest BCUT2D eigenvalue weighted by Crippen LogP contribution is -2.25. The van der Waals surface area contributed by atoms with E-state index in [4.69, 9.17) is 15.3 Å². The van der Waals surface area contributed by atoms with E-state index in [1.807, 2.05) is 13.0 Å². The van der Waals surface area contributed by atoms with Crippen LogP contribution < -0.4 is 15.4 Å². The molecule has 1 unspecified atom stereocenters. The summed E-state index contributed by atoms with van der Waals surface area (Å²) in [4.78, 5) is 23.3. The number of carboxylic acid groups (broad SMARTS) is 1. The van der Waals surface area contributed by atoms with Gasteiger partial charge in [-0.2, -0.15) is 0 Å². The van der Waals surface area contributed by atoms with Gasteiger partial charge in [0.25, 0.3) is 5.91 Å². The topological polar surface area (TPSA) is 112 Å². The molecule has 0 bridgehead atoms. The fraction of sp³-hybridized carbons (Fsp3) is 0.286. The number of rotatable bonds is 6. The molecular weight excluding hydrogens is 358 g/mol. The molecule has 1 amide bonds. The third kappa shape index (κ3) is 4.68. The molecule has 146 valence electrons. The summed E-state index contributed by atoms with van der Waals surface area (Å²) in [5.41, 5.74) is 2.84. The van der Waals surface area contributed by atoms with Crippen molar-refractivity contribution < 1.29 is 19.4 Å². The van der Waals surface area contributed by atoms with E-state index in [9.17, 15) is 9.59 Å². The number of carbonyl (C=O) groups excluding carboxylic acids is 1. The Morgan fingerprint density at radius 2 is 1.89 bits per heavy atom. The van der Waals surface area contributed by atoms with Crippen LogP contribution in [0, 0.1) is 5.41 Å². The number of fused-ring (bicyclic) bond motifs is 1. The average Bonchev–Trinajstić information content (AvgIpc) is 2.68. The number of benzene rings is 2. The lowest BCUT2D eigenvalue weighted by molar-refractivity contribution is -0.139. The summed E-state index contributed by atoms with van der Waals surface area (Å²) in [6.07, 6.45) is 1.01. The molecule has 0 saturated heterocycles. The molecule has 3 rings (SSSR count). The predicted molar refractivity (Wildman–Crippen MR) is 106 cm³/mol. The first kappa shape index (κ1) is 19.4. The lowest BCUT2D eigenvalue weighted by Gasteiger charge is -2.25. The average molecular weight is 381 g/mol. The van der Waals surface area contributed by atoms with E-state index in [1.54, 1.807) is 36.4 Å². The SMILES string of the molecule is CCNC(=N)c1ccc(C(=O)Nc2ccc3c(c2)CCC(CC(=O)O)O3)cc1. The highest BCUT2D eigenvalue weighted by Gasteiger charge is 2.22. The number of aryl methyl sites for hydroxylation is 1. The van der Waals surface area contributed by atoms with E-state index in [0.29, 0.717) is 42.2 Å². The quantitative estimate of drug-likeness (QED) is 0.454. The number of amidine groups is 1. The molecule has 2 aromatic rings. The van der Waals surface area contributed by atoms with Crippen molar-refractivity contribution in [3.63, 3.8) is 0 Å². The maximum atomic E-state index is 12.5. The van der Waals surface area contributed by atoms with Crippen molar-refractivity contribution in [1.29, 1.82) is 5.41 Å². The van der Waals surface area contributed by atoms with E-state index < -0.39 is 5.97 Å². The molecule has 0 aromatic heterocycles. The number of hydrogen-bond acceptors (Lipinski definition) is 4. The van der Waals surface area contributed by atoms with E-state index in [1.165, 1.54) is 0 Å². The van der Waals surface area contributed by atoms with Gasteiger partial charge in [0.05, 0.1) is 6.42 Å². The molecule has 1 aliphatic rings. The Bertz CT molecular complexity index is 893. The second-order valence-corrected chi connectivity index (χ2v) is 6.64. The lowest BCUT2D eigenvalue weighted by atomic mass is 10.00. The van der Waals surface area contributed by atoms with Crippen LogP contribution in [0.1, 0.15) is 41.3 Å². The maximum absolute atomic E-state index is 12.5. The standard InChI is InChI=1S/C21H23N3O4/c1-2-23-20(22)13-3-5-14(6-4-13)21(27)24-16-8-10-18-15(11-16)7-9-17(28-18)12-19(25)26/h3-6,8,10-11,17H,2,7,9,12H2,1H3,(H2,22,23)(H,24,27)(H,25,26). The van der Waals surface area contributed by atoms with Gasteiger partial charge in [0.2, 0.25) is 0 Å². The highest BCUT2D eigenvalue weighted by molar-refractivity contribution is 6.05. The van der Waals surface area contributed by atoms with Crippen LogP contribution in [0.15, 0.2) is 42.5 Å². The Balaban J connectivity index is 1.65. The molecule has 2 aromatic carbocycles. The molecule has 1 aliphatic heterocycles. The van der Waals surface area contributed by atoms with Crippen LogP contribution in [0.2, 0.25) is 0 Å². The summed E-state index contributed by atoms with van der Waals surface area (Å²) in [5.74, 6) is -0.113. The molecule has 7 heteroatoms. The minimum Gasteiger partial charge on any atom is -0.490 e. The second-order valence-electron chi connectivity index (χ2n) is 6.64. The summed E-state index contributed by atoms with van der Waals surface area (Å²) < 4.78 is 5.72. The van der Waals surface area contributed by atoms with Gasteiger partial charge in [0.15, 0.2) is 0 Å². The minimum absolute atomic E-state index is 0.0147. The highest BCUT2D eigenvalue weighted by Crippen LogP contribution is 2.31. The van der Waals surface area contributed by atoms with Crippen molar-refractivity contribution in [3.8, 4) is 5.75 Å². The molecule has 7 nitrogen and oxygen atoms in total. The first-order valence-corrected chi connectivity index (χ1v) is 9.22. The van der Waals surface area contributed by atoms with E-state index in [-0.39, 0.29) is 18.4 Å². The van der Waals surface area contributed by atoms with Gasteiger partial charge in [-0.1, -0.05) is 12.1 Å². The first-order chi connectivity index (χ1) is 13.5. The number of hydrogen-bond donors (Lipinski definition) is 4. The summed E-state index contributed by atoms with van der Waals surface area (Å²) >= 11 is 0. The Hall–Kier alpha value is -3.35. The zero-order valence-corrected chi connectivity index (χ0v) is 15.6. The number of carboxylic acids is 1. The van der Waals surface area contributed by atoms with Crippen molar-refractivity contribution >= 4 is 23.4 Å². The third-order valence-electron chi connectivity index (χ3n) is 4.54. The second kappa shape index (κ2) is 8.56. The number of aliphatic carboxylic acids is 1. The van der Waals surface area contributed by atoms with Crippen LogP contribution in [0.4, 0.5) is 5.69 Å². The van der Waals surface area contributed by atoms with E-state index in [2.05, 4.69) is 10.6 Å². The van der Waals surface area contributed by atoms with E-state index in [0.717, 1.165) is 11.1 Å². The Morgan fingerprint density at radius 1 is 1.18 bits per heavy atom. The van der Waals surface area contributed by atoms with Crippen molar-refractivity contribution in [2.45, 2.75) is 32.3 Å². The molecule has 0 fully saturated rings. The normalized spacial score (nSPS) is 15.1. The number of nitrogens with one attached hydrogen (secondary N) is 3. The molecule has 1 heterocycles. The van der Waals surface area contributed by atoms with Gasteiger partial charge >= 0.3 is 5.97 Å². The fourth-order valence-electron chi connectivity index (χ4n) is 3.13. The van der Waals surface area contributed by atoms with Crippen molar-refractivity contribution in [2.75, 3.05) is 11.9 Å². The number of anilines is 1. The minimum atomic E-state index is -0.871. The number of amides is 1. The van der Waals surface area contributed by atoms with Gasteiger partial charge in [-0.15, -0.1) is 0 Å². The Labute approximate surface area is 163 Å².